The third-order valence-electron chi connectivity index (χ3n) is 3.54. The normalized spacial score (nSPS) is 12.2. The zero-order valence-corrected chi connectivity index (χ0v) is 11.8. The molecule has 3 aromatic rings. The van der Waals surface area contributed by atoms with Crippen LogP contribution in [-0.2, 0) is 0 Å². The molecular formula is C16H17N5. The molecule has 0 spiro atoms. The molecule has 1 atom stereocenters. The van der Waals surface area contributed by atoms with Crippen LogP contribution in [0, 0.1) is 0 Å². The van der Waals surface area contributed by atoms with Crippen LogP contribution in [0.1, 0.15) is 17.0 Å². The summed E-state index contributed by atoms with van der Waals surface area (Å²) in [4.78, 5) is 8.24. The molecule has 0 amide bonds. The van der Waals surface area contributed by atoms with E-state index in [-0.39, 0.29) is 5.92 Å². The quantitative estimate of drug-likeness (QED) is 0.751. The maximum absolute atomic E-state index is 4.12. The number of rotatable bonds is 5. The van der Waals surface area contributed by atoms with E-state index >= 15 is 0 Å². The minimum Gasteiger partial charge on any atom is -0.319 e. The summed E-state index contributed by atoms with van der Waals surface area (Å²) in [7, 11) is 1.95. The summed E-state index contributed by atoms with van der Waals surface area (Å²) in [6.45, 7) is 0.846. The van der Waals surface area contributed by atoms with Gasteiger partial charge in [0.05, 0.1) is 6.20 Å². The summed E-state index contributed by atoms with van der Waals surface area (Å²) >= 11 is 0. The van der Waals surface area contributed by atoms with Crippen LogP contribution in [0.3, 0.4) is 0 Å². The third kappa shape index (κ3) is 2.98. The van der Waals surface area contributed by atoms with Crippen molar-refractivity contribution in [2.24, 2.45) is 0 Å². The summed E-state index contributed by atoms with van der Waals surface area (Å²) in [5, 5.41) is 10.1. The fourth-order valence-electron chi connectivity index (χ4n) is 2.44. The summed E-state index contributed by atoms with van der Waals surface area (Å²) < 4.78 is 0. The molecule has 21 heavy (non-hydrogen) atoms. The monoisotopic (exact) mass is 279 g/mol. The third-order valence-corrected chi connectivity index (χ3v) is 3.54. The van der Waals surface area contributed by atoms with Crippen LogP contribution in [0.25, 0.3) is 11.1 Å². The number of likely N-dealkylation sites (N-methyl/N-ethyl adjacent to an activating group) is 1. The molecule has 0 aliphatic heterocycles. The van der Waals surface area contributed by atoms with Gasteiger partial charge in [-0.15, -0.1) is 0 Å². The van der Waals surface area contributed by atoms with Crippen molar-refractivity contribution in [3.05, 3.63) is 66.5 Å². The SMILES string of the molecule is CNCC(c1ccc(-c2cn[nH]c2)cc1)c1cncnc1. The van der Waals surface area contributed by atoms with Crippen LogP contribution in [0.4, 0.5) is 0 Å². The second kappa shape index (κ2) is 6.28. The molecule has 0 radical (unpaired) electrons. The molecule has 0 saturated carbocycles. The van der Waals surface area contributed by atoms with E-state index < -0.39 is 0 Å². The molecular weight excluding hydrogens is 262 g/mol. The average molecular weight is 279 g/mol. The maximum atomic E-state index is 4.12. The molecule has 0 fully saturated rings. The number of benzene rings is 1. The standard InChI is InChI=1S/C16H17N5/c1-17-10-16(15-6-18-11-19-7-15)13-4-2-12(3-5-13)14-8-20-21-9-14/h2-9,11,16-17H,10H2,1H3,(H,20,21). The van der Waals surface area contributed by atoms with Crippen LogP contribution in [0.5, 0.6) is 0 Å². The Hall–Kier alpha value is -2.53. The highest BCUT2D eigenvalue weighted by Crippen LogP contribution is 2.26. The molecule has 2 heterocycles. The van der Waals surface area contributed by atoms with Gasteiger partial charge in [0.25, 0.3) is 0 Å². The second-order valence-electron chi connectivity index (χ2n) is 4.89. The van der Waals surface area contributed by atoms with Crippen molar-refractivity contribution >= 4 is 0 Å². The summed E-state index contributed by atoms with van der Waals surface area (Å²) in [5.41, 5.74) is 4.60. The fourth-order valence-corrected chi connectivity index (χ4v) is 2.44. The summed E-state index contributed by atoms with van der Waals surface area (Å²) in [5.74, 6) is 0.245. The molecule has 5 nitrogen and oxygen atoms in total. The van der Waals surface area contributed by atoms with Gasteiger partial charge in [-0.2, -0.15) is 5.10 Å². The largest absolute Gasteiger partial charge is 0.319 e. The number of nitrogens with one attached hydrogen (secondary N) is 2. The van der Waals surface area contributed by atoms with Crippen molar-refractivity contribution in [3.8, 4) is 11.1 Å². The Bertz CT molecular complexity index is 662. The Morgan fingerprint density at radius 2 is 1.76 bits per heavy atom. The number of H-pyrrole nitrogens is 1. The smallest absolute Gasteiger partial charge is 0.115 e. The van der Waals surface area contributed by atoms with Gasteiger partial charge in [-0.25, -0.2) is 9.97 Å². The molecule has 3 rings (SSSR count). The lowest BCUT2D eigenvalue weighted by Crippen LogP contribution is -2.18. The first-order chi connectivity index (χ1) is 10.4. The Morgan fingerprint density at radius 3 is 2.38 bits per heavy atom. The molecule has 0 saturated heterocycles. The molecule has 1 aromatic carbocycles. The van der Waals surface area contributed by atoms with Gasteiger partial charge >= 0.3 is 0 Å². The van der Waals surface area contributed by atoms with E-state index in [2.05, 4.69) is 49.7 Å². The highest BCUT2D eigenvalue weighted by atomic mass is 15.1. The Morgan fingerprint density at radius 1 is 1.00 bits per heavy atom. The van der Waals surface area contributed by atoms with Crippen LogP contribution < -0.4 is 5.32 Å². The van der Waals surface area contributed by atoms with Crippen molar-refractivity contribution in [1.29, 1.82) is 0 Å². The average Bonchev–Trinajstić information content (AvgIpc) is 3.08. The number of nitrogens with zero attached hydrogens (tertiary/aromatic N) is 3. The molecule has 0 aliphatic carbocycles. The van der Waals surface area contributed by atoms with Gasteiger partial charge in [0.1, 0.15) is 6.33 Å². The zero-order chi connectivity index (χ0) is 14.5. The Labute approximate surface area is 123 Å². The van der Waals surface area contributed by atoms with E-state index in [4.69, 9.17) is 0 Å². The van der Waals surface area contributed by atoms with E-state index in [9.17, 15) is 0 Å². The molecule has 0 aliphatic rings. The van der Waals surface area contributed by atoms with Crippen LogP contribution in [0.2, 0.25) is 0 Å². The molecule has 1 unspecified atom stereocenters. The number of aromatic amines is 1. The van der Waals surface area contributed by atoms with Crippen molar-refractivity contribution in [3.63, 3.8) is 0 Å². The molecule has 106 valence electrons. The Balaban J connectivity index is 1.90. The molecule has 2 N–H and O–H groups in total. The first-order valence-electron chi connectivity index (χ1n) is 6.87. The lowest BCUT2D eigenvalue weighted by Gasteiger charge is -2.17. The van der Waals surface area contributed by atoms with Crippen LogP contribution >= 0.6 is 0 Å². The van der Waals surface area contributed by atoms with Crippen LogP contribution in [-0.4, -0.2) is 33.8 Å². The molecule has 2 aromatic heterocycles. The van der Waals surface area contributed by atoms with Crippen molar-refractivity contribution in [1.82, 2.24) is 25.5 Å². The predicted octanol–water partition coefficient (Wildman–Crippen LogP) is 2.22. The van der Waals surface area contributed by atoms with E-state index in [1.54, 1.807) is 6.33 Å². The van der Waals surface area contributed by atoms with E-state index in [0.717, 1.165) is 23.2 Å². The number of aromatic nitrogens is 4. The lowest BCUT2D eigenvalue weighted by molar-refractivity contribution is 0.702. The zero-order valence-electron chi connectivity index (χ0n) is 11.8. The van der Waals surface area contributed by atoms with Crippen molar-refractivity contribution in [2.45, 2.75) is 5.92 Å². The minimum absolute atomic E-state index is 0.245. The second-order valence-corrected chi connectivity index (χ2v) is 4.89. The Kier molecular flexibility index (Phi) is 4.02. The van der Waals surface area contributed by atoms with Crippen molar-refractivity contribution in [2.75, 3.05) is 13.6 Å². The first kappa shape index (κ1) is 13.5. The highest BCUT2D eigenvalue weighted by molar-refractivity contribution is 5.62. The maximum Gasteiger partial charge on any atom is 0.115 e. The highest BCUT2D eigenvalue weighted by Gasteiger charge is 2.14. The van der Waals surface area contributed by atoms with Gasteiger partial charge in [-0.3, -0.25) is 5.10 Å². The van der Waals surface area contributed by atoms with Crippen molar-refractivity contribution < 1.29 is 0 Å². The van der Waals surface area contributed by atoms with Gasteiger partial charge in [0.15, 0.2) is 0 Å². The van der Waals surface area contributed by atoms with Gasteiger partial charge in [0, 0.05) is 36.6 Å². The minimum atomic E-state index is 0.245. The predicted molar refractivity (Wildman–Crippen MR) is 81.8 cm³/mol. The summed E-state index contributed by atoms with van der Waals surface area (Å²) in [6.07, 6.45) is 9.02. The van der Waals surface area contributed by atoms with Gasteiger partial charge in [-0.1, -0.05) is 24.3 Å². The van der Waals surface area contributed by atoms with E-state index in [1.165, 1.54) is 5.56 Å². The number of hydrogen-bond acceptors (Lipinski definition) is 4. The topological polar surface area (TPSA) is 66.5 Å². The van der Waals surface area contributed by atoms with Gasteiger partial charge in [-0.05, 0) is 23.7 Å². The first-order valence-corrected chi connectivity index (χ1v) is 6.87. The number of hydrogen-bond donors (Lipinski definition) is 2. The fraction of sp³-hybridized carbons (Fsp3) is 0.188. The van der Waals surface area contributed by atoms with E-state index in [1.807, 2.05) is 31.8 Å². The van der Waals surface area contributed by atoms with E-state index in [0.29, 0.717) is 0 Å². The molecule has 0 bridgehead atoms. The lowest BCUT2D eigenvalue weighted by atomic mass is 9.92. The van der Waals surface area contributed by atoms with Gasteiger partial charge < -0.3 is 5.32 Å². The summed E-state index contributed by atoms with van der Waals surface area (Å²) in [6, 6.07) is 8.54. The molecule has 5 heteroatoms. The van der Waals surface area contributed by atoms with Gasteiger partial charge in [0.2, 0.25) is 0 Å². The van der Waals surface area contributed by atoms with Crippen LogP contribution in [0.15, 0.2) is 55.4 Å².